The van der Waals surface area contributed by atoms with Crippen molar-refractivity contribution < 1.29 is 5.11 Å². The lowest BCUT2D eigenvalue weighted by Gasteiger charge is -2.49. The number of aliphatic hydroxyl groups is 1. The SMILES string of the molecule is CCn1nc(C)cc1CN1CC(O)(C(C)C)C1. The number of likely N-dealkylation sites (tertiary alicyclic amines) is 1. The van der Waals surface area contributed by atoms with E-state index >= 15 is 0 Å². The van der Waals surface area contributed by atoms with Gasteiger partial charge in [0.1, 0.15) is 0 Å². The summed E-state index contributed by atoms with van der Waals surface area (Å²) in [7, 11) is 0. The first-order chi connectivity index (χ1) is 7.94. The average Bonchev–Trinajstić information content (AvgIpc) is 2.56. The van der Waals surface area contributed by atoms with Crippen molar-refractivity contribution in [2.45, 2.75) is 46.4 Å². The smallest absolute Gasteiger partial charge is 0.0923 e. The van der Waals surface area contributed by atoms with Gasteiger partial charge in [0, 0.05) is 26.2 Å². The Morgan fingerprint density at radius 3 is 2.65 bits per heavy atom. The molecule has 0 amide bonds. The van der Waals surface area contributed by atoms with E-state index in [1.165, 1.54) is 5.69 Å². The van der Waals surface area contributed by atoms with E-state index < -0.39 is 5.60 Å². The van der Waals surface area contributed by atoms with E-state index in [0.29, 0.717) is 5.92 Å². The van der Waals surface area contributed by atoms with Crippen LogP contribution in [0.2, 0.25) is 0 Å². The number of aryl methyl sites for hydroxylation is 2. The molecule has 0 radical (unpaired) electrons. The van der Waals surface area contributed by atoms with Crippen LogP contribution in [-0.2, 0) is 13.1 Å². The number of β-amino-alcohol motifs (C(OH)–C–C–N with tert-alkyl or cyclic N) is 1. The van der Waals surface area contributed by atoms with Crippen LogP contribution in [0.15, 0.2) is 6.07 Å². The number of aromatic nitrogens is 2. The van der Waals surface area contributed by atoms with Crippen LogP contribution in [-0.4, -0.2) is 38.5 Å². The molecule has 1 saturated heterocycles. The summed E-state index contributed by atoms with van der Waals surface area (Å²) in [6.07, 6.45) is 0. The highest BCUT2D eigenvalue weighted by Gasteiger charge is 2.43. The molecule has 96 valence electrons. The van der Waals surface area contributed by atoms with Crippen molar-refractivity contribution in [3.8, 4) is 0 Å². The van der Waals surface area contributed by atoms with Crippen molar-refractivity contribution in [1.29, 1.82) is 0 Å². The first kappa shape index (κ1) is 12.6. The molecule has 4 nitrogen and oxygen atoms in total. The normalized spacial score (nSPS) is 19.6. The minimum absolute atomic E-state index is 0.330. The van der Waals surface area contributed by atoms with Crippen molar-refractivity contribution in [1.82, 2.24) is 14.7 Å². The Balaban J connectivity index is 1.96. The molecule has 1 aliphatic heterocycles. The standard InChI is InChI=1S/C13H23N3O/c1-5-16-12(6-11(4)14-16)7-15-8-13(17,9-15)10(2)3/h6,10,17H,5,7-9H2,1-4H3. The van der Waals surface area contributed by atoms with E-state index in [4.69, 9.17) is 0 Å². The van der Waals surface area contributed by atoms with Crippen LogP contribution in [0.1, 0.15) is 32.2 Å². The van der Waals surface area contributed by atoms with Crippen molar-refractivity contribution in [2.24, 2.45) is 5.92 Å². The van der Waals surface area contributed by atoms with Gasteiger partial charge in [0.2, 0.25) is 0 Å². The Bertz CT molecular complexity index is 391. The van der Waals surface area contributed by atoms with Crippen molar-refractivity contribution >= 4 is 0 Å². The van der Waals surface area contributed by atoms with E-state index in [0.717, 1.165) is 31.9 Å². The van der Waals surface area contributed by atoms with Crippen LogP contribution >= 0.6 is 0 Å². The van der Waals surface area contributed by atoms with E-state index in [2.05, 4.69) is 36.8 Å². The summed E-state index contributed by atoms with van der Waals surface area (Å²) >= 11 is 0. The average molecular weight is 237 g/mol. The number of rotatable bonds is 4. The molecule has 17 heavy (non-hydrogen) atoms. The molecule has 0 saturated carbocycles. The Labute approximate surface area is 103 Å². The second kappa shape index (κ2) is 4.42. The number of hydrogen-bond acceptors (Lipinski definition) is 3. The van der Waals surface area contributed by atoms with Crippen molar-refractivity contribution in [3.63, 3.8) is 0 Å². The third kappa shape index (κ3) is 2.38. The van der Waals surface area contributed by atoms with Crippen molar-refractivity contribution in [2.75, 3.05) is 13.1 Å². The lowest BCUT2D eigenvalue weighted by Crippen LogP contribution is -2.63. The van der Waals surface area contributed by atoms with E-state index in [9.17, 15) is 5.11 Å². The zero-order valence-electron chi connectivity index (χ0n) is 11.3. The molecule has 2 rings (SSSR count). The zero-order chi connectivity index (χ0) is 12.6. The van der Waals surface area contributed by atoms with E-state index in [-0.39, 0.29) is 0 Å². The van der Waals surface area contributed by atoms with Gasteiger partial charge in [-0.15, -0.1) is 0 Å². The molecule has 0 atom stereocenters. The number of hydrogen-bond donors (Lipinski definition) is 1. The summed E-state index contributed by atoms with van der Waals surface area (Å²) in [5.41, 5.74) is 1.84. The molecular weight excluding hydrogens is 214 g/mol. The summed E-state index contributed by atoms with van der Waals surface area (Å²) in [6, 6.07) is 2.14. The summed E-state index contributed by atoms with van der Waals surface area (Å²) < 4.78 is 2.04. The molecule has 1 aromatic heterocycles. The predicted molar refractivity (Wildman–Crippen MR) is 67.7 cm³/mol. The summed E-state index contributed by atoms with van der Waals surface area (Å²) in [6.45, 7) is 11.6. The molecule has 4 heteroatoms. The maximum atomic E-state index is 10.2. The molecule has 1 aromatic rings. The fourth-order valence-electron chi connectivity index (χ4n) is 2.43. The topological polar surface area (TPSA) is 41.3 Å². The van der Waals surface area contributed by atoms with Crippen LogP contribution in [0.4, 0.5) is 0 Å². The molecule has 0 unspecified atom stereocenters. The largest absolute Gasteiger partial charge is 0.387 e. The van der Waals surface area contributed by atoms with Gasteiger partial charge in [-0.25, -0.2) is 0 Å². The third-order valence-electron chi connectivity index (χ3n) is 3.74. The van der Waals surface area contributed by atoms with Gasteiger partial charge in [-0.1, -0.05) is 13.8 Å². The van der Waals surface area contributed by atoms with Crippen LogP contribution in [0.3, 0.4) is 0 Å². The quantitative estimate of drug-likeness (QED) is 0.861. The van der Waals surface area contributed by atoms with Crippen LogP contribution < -0.4 is 0 Å². The van der Waals surface area contributed by atoms with Gasteiger partial charge >= 0.3 is 0 Å². The highest BCUT2D eigenvalue weighted by Crippen LogP contribution is 2.29. The summed E-state index contributed by atoms with van der Waals surface area (Å²) in [5, 5.41) is 14.6. The molecule has 1 N–H and O–H groups in total. The highest BCUT2D eigenvalue weighted by atomic mass is 16.3. The Morgan fingerprint density at radius 2 is 2.12 bits per heavy atom. The third-order valence-corrected chi connectivity index (χ3v) is 3.74. The minimum Gasteiger partial charge on any atom is -0.387 e. The second-order valence-electron chi connectivity index (χ2n) is 5.50. The van der Waals surface area contributed by atoms with E-state index in [1.54, 1.807) is 0 Å². The molecule has 1 aliphatic rings. The fourth-order valence-corrected chi connectivity index (χ4v) is 2.43. The maximum Gasteiger partial charge on any atom is 0.0923 e. The fraction of sp³-hybridized carbons (Fsp3) is 0.769. The van der Waals surface area contributed by atoms with Crippen LogP contribution in [0.25, 0.3) is 0 Å². The van der Waals surface area contributed by atoms with Gasteiger partial charge in [0.15, 0.2) is 0 Å². The summed E-state index contributed by atoms with van der Waals surface area (Å²) in [5.74, 6) is 0.330. The molecule has 0 aliphatic carbocycles. The predicted octanol–water partition coefficient (Wildman–Crippen LogP) is 1.41. The second-order valence-corrected chi connectivity index (χ2v) is 5.50. The monoisotopic (exact) mass is 237 g/mol. The van der Waals surface area contributed by atoms with Gasteiger partial charge in [0.05, 0.1) is 17.0 Å². The Morgan fingerprint density at radius 1 is 1.47 bits per heavy atom. The van der Waals surface area contributed by atoms with Gasteiger partial charge in [0.25, 0.3) is 0 Å². The van der Waals surface area contributed by atoms with E-state index in [1.807, 2.05) is 11.6 Å². The van der Waals surface area contributed by atoms with Gasteiger partial charge in [-0.2, -0.15) is 5.10 Å². The maximum absolute atomic E-state index is 10.2. The lowest BCUT2D eigenvalue weighted by atomic mass is 9.83. The molecule has 2 heterocycles. The van der Waals surface area contributed by atoms with Crippen molar-refractivity contribution in [3.05, 3.63) is 17.5 Å². The molecular formula is C13H23N3O. The lowest BCUT2D eigenvalue weighted by molar-refractivity contribution is -0.131. The first-order valence-corrected chi connectivity index (χ1v) is 6.42. The van der Waals surface area contributed by atoms with Crippen LogP contribution in [0, 0.1) is 12.8 Å². The van der Waals surface area contributed by atoms with Crippen LogP contribution in [0.5, 0.6) is 0 Å². The van der Waals surface area contributed by atoms with Gasteiger partial charge in [-0.3, -0.25) is 9.58 Å². The molecule has 0 bridgehead atoms. The van der Waals surface area contributed by atoms with Gasteiger partial charge < -0.3 is 5.11 Å². The number of nitrogens with zero attached hydrogens (tertiary/aromatic N) is 3. The molecule has 0 spiro atoms. The summed E-state index contributed by atoms with van der Waals surface area (Å²) in [4.78, 5) is 2.28. The minimum atomic E-state index is -0.480. The Kier molecular flexibility index (Phi) is 3.27. The zero-order valence-corrected chi connectivity index (χ0v) is 11.3. The Hall–Kier alpha value is -0.870. The van der Waals surface area contributed by atoms with Gasteiger partial charge in [-0.05, 0) is 25.8 Å². The first-order valence-electron chi connectivity index (χ1n) is 6.42. The molecule has 0 aromatic carbocycles. The highest BCUT2D eigenvalue weighted by molar-refractivity contribution is 5.10. The molecule has 1 fully saturated rings.